The van der Waals surface area contributed by atoms with Gasteiger partial charge in [0, 0.05) is 12.2 Å². The lowest BCUT2D eigenvalue weighted by Gasteiger charge is -2.25. The Hall–Kier alpha value is -1.87. The van der Waals surface area contributed by atoms with Crippen molar-refractivity contribution >= 4 is 5.69 Å². The predicted molar refractivity (Wildman–Crippen MR) is 75.6 cm³/mol. The number of halogens is 1. The highest BCUT2D eigenvalue weighted by Crippen LogP contribution is 2.21. The van der Waals surface area contributed by atoms with Crippen molar-refractivity contribution < 1.29 is 9.50 Å². The smallest absolute Gasteiger partial charge is 0.125 e. The maximum absolute atomic E-state index is 13.3. The minimum Gasteiger partial charge on any atom is -0.384 e. The van der Waals surface area contributed by atoms with Crippen molar-refractivity contribution in [2.75, 3.05) is 11.9 Å². The Morgan fingerprint density at radius 3 is 2.47 bits per heavy atom. The average Bonchev–Trinajstić information content (AvgIpc) is 2.37. The second-order valence-electron chi connectivity index (χ2n) is 5.01. The predicted octanol–water partition coefficient (Wildman–Crippen LogP) is 3.45. The molecule has 2 rings (SSSR count). The standard InChI is InChI=1S/C16H18FNO/c1-12-8-14(17)10-15(9-12)18-11-16(2,19)13-6-4-3-5-7-13/h3-10,18-19H,11H2,1-2H3. The van der Waals surface area contributed by atoms with E-state index in [1.807, 2.05) is 43.3 Å². The molecular weight excluding hydrogens is 241 g/mol. The van der Waals surface area contributed by atoms with E-state index in [2.05, 4.69) is 5.32 Å². The van der Waals surface area contributed by atoms with E-state index in [1.165, 1.54) is 12.1 Å². The summed E-state index contributed by atoms with van der Waals surface area (Å²) in [5.41, 5.74) is 1.35. The van der Waals surface area contributed by atoms with Crippen LogP contribution in [-0.4, -0.2) is 11.7 Å². The third-order valence-electron chi connectivity index (χ3n) is 3.07. The third-order valence-corrected chi connectivity index (χ3v) is 3.07. The lowest BCUT2D eigenvalue weighted by molar-refractivity contribution is 0.0715. The first kappa shape index (κ1) is 13.6. The highest BCUT2D eigenvalue weighted by atomic mass is 19.1. The van der Waals surface area contributed by atoms with E-state index in [4.69, 9.17) is 0 Å². The summed E-state index contributed by atoms with van der Waals surface area (Å²) in [6, 6.07) is 14.2. The Kier molecular flexibility index (Phi) is 3.86. The summed E-state index contributed by atoms with van der Waals surface area (Å²) >= 11 is 0. The molecule has 0 aliphatic rings. The number of hydrogen-bond donors (Lipinski definition) is 2. The van der Waals surface area contributed by atoms with E-state index in [9.17, 15) is 9.50 Å². The van der Waals surface area contributed by atoms with Gasteiger partial charge in [-0.2, -0.15) is 0 Å². The van der Waals surface area contributed by atoms with Crippen LogP contribution in [0.1, 0.15) is 18.1 Å². The molecule has 0 saturated carbocycles. The highest BCUT2D eigenvalue weighted by molar-refractivity contribution is 5.46. The van der Waals surface area contributed by atoms with Crippen LogP contribution in [0.4, 0.5) is 10.1 Å². The first-order valence-electron chi connectivity index (χ1n) is 6.26. The molecule has 0 aliphatic heterocycles. The van der Waals surface area contributed by atoms with E-state index in [-0.39, 0.29) is 5.82 Å². The molecule has 2 N–H and O–H groups in total. The second kappa shape index (κ2) is 5.41. The van der Waals surface area contributed by atoms with Crippen LogP contribution < -0.4 is 5.32 Å². The average molecular weight is 259 g/mol. The number of anilines is 1. The normalized spacial score (nSPS) is 13.9. The summed E-state index contributed by atoms with van der Waals surface area (Å²) in [6.45, 7) is 3.89. The Morgan fingerprint density at radius 2 is 1.84 bits per heavy atom. The Morgan fingerprint density at radius 1 is 1.16 bits per heavy atom. The largest absolute Gasteiger partial charge is 0.384 e. The summed E-state index contributed by atoms with van der Waals surface area (Å²) in [7, 11) is 0. The second-order valence-corrected chi connectivity index (χ2v) is 5.01. The molecule has 100 valence electrons. The Balaban J connectivity index is 2.09. The molecule has 2 aromatic carbocycles. The van der Waals surface area contributed by atoms with Gasteiger partial charge in [0.1, 0.15) is 11.4 Å². The van der Waals surface area contributed by atoms with E-state index < -0.39 is 5.60 Å². The SMILES string of the molecule is Cc1cc(F)cc(NCC(C)(O)c2ccccc2)c1. The molecule has 1 unspecified atom stereocenters. The van der Waals surface area contributed by atoms with Crippen LogP contribution >= 0.6 is 0 Å². The maximum Gasteiger partial charge on any atom is 0.125 e. The topological polar surface area (TPSA) is 32.3 Å². The van der Waals surface area contributed by atoms with Gasteiger partial charge in [0.15, 0.2) is 0 Å². The summed E-state index contributed by atoms with van der Waals surface area (Å²) in [5.74, 6) is -0.276. The molecule has 0 saturated heterocycles. The number of hydrogen-bond acceptors (Lipinski definition) is 2. The van der Waals surface area contributed by atoms with E-state index in [1.54, 1.807) is 6.92 Å². The van der Waals surface area contributed by atoms with Gasteiger partial charge >= 0.3 is 0 Å². The van der Waals surface area contributed by atoms with Gasteiger partial charge in [-0.15, -0.1) is 0 Å². The molecule has 0 aromatic heterocycles. The summed E-state index contributed by atoms with van der Waals surface area (Å²) in [4.78, 5) is 0. The van der Waals surface area contributed by atoms with Crippen LogP contribution in [0.3, 0.4) is 0 Å². The van der Waals surface area contributed by atoms with Gasteiger partial charge in [0.2, 0.25) is 0 Å². The molecule has 0 fully saturated rings. The van der Waals surface area contributed by atoms with Gasteiger partial charge in [-0.05, 0) is 43.2 Å². The molecule has 0 heterocycles. The first-order valence-corrected chi connectivity index (χ1v) is 6.26. The van der Waals surface area contributed by atoms with Crippen LogP contribution in [0.5, 0.6) is 0 Å². The van der Waals surface area contributed by atoms with Crippen LogP contribution in [0.2, 0.25) is 0 Å². The van der Waals surface area contributed by atoms with Crippen molar-refractivity contribution in [1.82, 2.24) is 0 Å². The molecule has 0 aliphatic carbocycles. The molecule has 0 radical (unpaired) electrons. The van der Waals surface area contributed by atoms with Crippen LogP contribution in [0, 0.1) is 12.7 Å². The Labute approximate surface area is 112 Å². The van der Waals surface area contributed by atoms with Crippen LogP contribution in [0.25, 0.3) is 0 Å². The minimum atomic E-state index is -0.999. The molecule has 2 aromatic rings. The van der Waals surface area contributed by atoms with Crippen molar-refractivity contribution in [2.24, 2.45) is 0 Å². The molecular formula is C16H18FNO. The summed E-state index contributed by atoms with van der Waals surface area (Å²) in [5, 5.41) is 13.5. The highest BCUT2D eigenvalue weighted by Gasteiger charge is 2.22. The third kappa shape index (κ3) is 3.55. The van der Waals surface area contributed by atoms with Gasteiger partial charge in [-0.3, -0.25) is 0 Å². The minimum absolute atomic E-state index is 0.276. The zero-order chi connectivity index (χ0) is 13.9. The van der Waals surface area contributed by atoms with Crippen molar-refractivity contribution in [3.05, 3.63) is 65.5 Å². The molecule has 0 amide bonds. The number of benzene rings is 2. The van der Waals surface area contributed by atoms with Crippen LogP contribution in [-0.2, 0) is 5.60 Å². The summed E-state index contributed by atoms with van der Waals surface area (Å²) < 4.78 is 13.3. The first-order chi connectivity index (χ1) is 8.97. The number of nitrogens with one attached hydrogen (secondary N) is 1. The molecule has 2 nitrogen and oxygen atoms in total. The Bertz CT molecular complexity index is 532. The molecule has 19 heavy (non-hydrogen) atoms. The zero-order valence-corrected chi connectivity index (χ0v) is 11.2. The monoisotopic (exact) mass is 259 g/mol. The van der Waals surface area contributed by atoms with Gasteiger partial charge in [0.25, 0.3) is 0 Å². The molecule has 1 atom stereocenters. The van der Waals surface area contributed by atoms with Crippen molar-refractivity contribution in [2.45, 2.75) is 19.4 Å². The fourth-order valence-corrected chi connectivity index (χ4v) is 2.01. The number of aliphatic hydroxyl groups is 1. The molecule has 0 spiro atoms. The van der Waals surface area contributed by atoms with Gasteiger partial charge < -0.3 is 10.4 Å². The summed E-state index contributed by atoms with van der Waals surface area (Å²) in [6.07, 6.45) is 0. The number of rotatable bonds is 4. The number of aryl methyl sites for hydroxylation is 1. The lowest BCUT2D eigenvalue weighted by Crippen LogP contribution is -2.30. The van der Waals surface area contributed by atoms with Crippen LogP contribution in [0.15, 0.2) is 48.5 Å². The quantitative estimate of drug-likeness (QED) is 0.881. The maximum atomic E-state index is 13.3. The van der Waals surface area contributed by atoms with E-state index >= 15 is 0 Å². The molecule has 3 heteroatoms. The fourth-order valence-electron chi connectivity index (χ4n) is 2.01. The van der Waals surface area contributed by atoms with E-state index in [0.29, 0.717) is 12.2 Å². The van der Waals surface area contributed by atoms with Gasteiger partial charge in [0.05, 0.1) is 0 Å². The van der Waals surface area contributed by atoms with Crippen molar-refractivity contribution in [3.8, 4) is 0 Å². The van der Waals surface area contributed by atoms with Gasteiger partial charge in [-0.1, -0.05) is 30.3 Å². The molecule has 0 bridgehead atoms. The van der Waals surface area contributed by atoms with E-state index in [0.717, 1.165) is 11.1 Å². The van der Waals surface area contributed by atoms with Gasteiger partial charge in [-0.25, -0.2) is 4.39 Å². The zero-order valence-electron chi connectivity index (χ0n) is 11.2. The van der Waals surface area contributed by atoms with Crippen molar-refractivity contribution in [1.29, 1.82) is 0 Å². The lowest BCUT2D eigenvalue weighted by atomic mass is 9.96. The fraction of sp³-hybridized carbons (Fsp3) is 0.250. The van der Waals surface area contributed by atoms with Crippen molar-refractivity contribution in [3.63, 3.8) is 0 Å².